The van der Waals surface area contributed by atoms with E-state index < -0.39 is 0 Å². The van der Waals surface area contributed by atoms with Crippen LogP contribution in [0, 0.1) is 0 Å². The van der Waals surface area contributed by atoms with E-state index in [0.29, 0.717) is 6.61 Å². The highest BCUT2D eigenvalue weighted by molar-refractivity contribution is 5.67. The van der Waals surface area contributed by atoms with E-state index >= 15 is 0 Å². The molecule has 0 unspecified atom stereocenters. The van der Waals surface area contributed by atoms with Crippen LogP contribution in [0.3, 0.4) is 0 Å². The van der Waals surface area contributed by atoms with Crippen molar-refractivity contribution in [1.29, 1.82) is 0 Å². The minimum absolute atomic E-state index is 0.0656. The zero-order chi connectivity index (χ0) is 16.4. The van der Waals surface area contributed by atoms with Crippen LogP contribution in [0.25, 0.3) is 0 Å². The Kier molecular flexibility index (Phi) is 7.96. The normalized spacial score (nSPS) is 12.7. The Morgan fingerprint density at radius 3 is 2.41 bits per heavy atom. The summed E-state index contributed by atoms with van der Waals surface area (Å²) >= 11 is 0. The minimum atomic E-state index is -0.368. The lowest BCUT2D eigenvalue weighted by atomic mass is 9.90. The Bertz CT molecular complexity index is 421. The van der Waals surface area contributed by atoms with E-state index in [9.17, 15) is 4.79 Å². The van der Waals surface area contributed by atoms with Crippen LogP contribution in [0.5, 0.6) is 0 Å². The van der Waals surface area contributed by atoms with Crippen molar-refractivity contribution in [2.24, 2.45) is 0 Å². The molecule has 1 N–H and O–H groups in total. The lowest BCUT2D eigenvalue weighted by Gasteiger charge is -2.31. The highest BCUT2D eigenvalue weighted by Crippen LogP contribution is 2.26. The van der Waals surface area contributed by atoms with Crippen LogP contribution in [0.15, 0.2) is 30.3 Å². The average Bonchev–Trinajstić information content (AvgIpc) is 2.56. The van der Waals surface area contributed by atoms with E-state index in [4.69, 9.17) is 9.47 Å². The molecule has 124 valence electrons. The fourth-order valence-electron chi connectivity index (χ4n) is 2.51. The summed E-state index contributed by atoms with van der Waals surface area (Å²) in [4.78, 5) is 11.8. The van der Waals surface area contributed by atoms with Gasteiger partial charge in [0.05, 0.1) is 5.60 Å². The number of benzene rings is 1. The summed E-state index contributed by atoms with van der Waals surface area (Å²) in [5, 5.41) is 2.88. The molecule has 0 fully saturated rings. The van der Waals surface area contributed by atoms with Gasteiger partial charge in [0.2, 0.25) is 0 Å². The highest BCUT2D eigenvalue weighted by atomic mass is 16.5. The monoisotopic (exact) mass is 307 g/mol. The first kappa shape index (κ1) is 18.5. The van der Waals surface area contributed by atoms with Gasteiger partial charge >= 0.3 is 6.09 Å². The van der Waals surface area contributed by atoms with E-state index in [1.165, 1.54) is 0 Å². The lowest BCUT2D eigenvalue weighted by Crippen LogP contribution is -2.36. The summed E-state index contributed by atoms with van der Waals surface area (Å²) in [5.74, 6) is 0. The summed E-state index contributed by atoms with van der Waals surface area (Å²) in [7, 11) is 1.76. The van der Waals surface area contributed by atoms with Gasteiger partial charge in [-0.2, -0.15) is 0 Å². The molecule has 0 aliphatic rings. The van der Waals surface area contributed by atoms with Gasteiger partial charge in [0, 0.05) is 13.2 Å². The Hall–Kier alpha value is -1.55. The molecule has 4 heteroatoms. The van der Waals surface area contributed by atoms with Gasteiger partial charge in [0.15, 0.2) is 0 Å². The number of carbonyl (C=O) groups is 1. The van der Waals surface area contributed by atoms with Crippen molar-refractivity contribution < 1.29 is 14.3 Å². The molecule has 0 aliphatic carbocycles. The second-order valence-electron chi connectivity index (χ2n) is 5.74. The summed E-state index contributed by atoms with van der Waals surface area (Å²) < 4.78 is 10.9. The van der Waals surface area contributed by atoms with Crippen molar-refractivity contribution in [3.63, 3.8) is 0 Å². The molecule has 1 amide bonds. The molecule has 0 saturated heterocycles. The van der Waals surface area contributed by atoms with Crippen molar-refractivity contribution >= 4 is 6.09 Å². The van der Waals surface area contributed by atoms with Gasteiger partial charge in [-0.1, -0.05) is 44.2 Å². The molecular weight excluding hydrogens is 278 g/mol. The molecule has 4 nitrogen and oxygen atoms in total. The maximum atomic E-state index is 11.8. The van der Waals surface area contributed by atoms with Crippen LogP contribution in [0.2, 0.25) is 0 Å². The Balaban J connectivity index is 2.32. The summed E-state index contributed by atoms with van der Waals surface area (Å²) in [6, 6.07) is 9.74. The molecule has 0 spiro atoms. The van der Waals surface area contributed by atoms with Crippen molar-refractivity contribution in [1.82, 2.24) is 5.32 Å². The van der Waals surface area contributed by atoms with Gasteiger partial charge in [-0.25, -0.2) is 4.79 Å². The fraction of sp³-hybridized carbons (Fsp3) is 0.611. The van der Waals surface area contributed by atoms with E-state index in [1.54, 1.807) is 7.11 Å². The topological polar surface area (TPSA) is 47.6 Å². The Morgan fingerprint density at radius 2 is 1.86 bits per heavy atom. The second kappa shape index (κ2) is 9.46. The van der Waals surface area contributed by atoms with Crippen molar-refractivity contribution in [2.45, 2.75) is 64.7 Å². The van der Waals surface area contributed by atoms with Crippen LogP contribution >= 0.6 is 0 Å². The number of ether oxygens (including phenoxy) is 2. The smallest absolute Gasteiger partial charge is 0.407 e. The average molecular weight is 307 g/mol. The third-order valence-electron chi connectivity index (χ3n) is 4.33. The molecule has 0 saturated carbocycles. The van der Waals surface area contributed by atoms with E-state index in [-0.39, 0.29) is 17.7 Å². The Labute approximate surface area is 134 Å². The maximum absolute atomic E-state index is 11.8. The first-order chi connectivity index (χ1) is 10.5. The van der Waals surface area contributed by atoms with Crippen LogP contribution in [-0.2, 0) is 16.1 Å². The molecule has 0 aliphatic heterocycles. The summed E-state index contributed by atoms with van der Waals surface area (Å²) in [6.45, 7) is 6.57. The van der Waals surface area contributed by atoms with Crippen molar-refractivity contribution in [3.8, 4) is 0 Å². The number of hydrogen-bond donors (Lipinski definition) is 1. The van der Waals surface area contributed by atoms with E-state index in [2.05, 4.69) is 19.2 Å². The quantitative estimate of drug-likeness (QED) is 0.740. The zero-order valence-electron chi connectivity index (χ0n) is 14.2. The minimum Gasteiger partial charge on any atom is -0.445 e. The van der Waals surface area contributed by atoms with Crippen LogP contribution in [0.4, 0.5) is 4.79 Å². The van der Waals surface area contributed by atoms with Crippen LogP contribution < -0.4 is 5.32 Å². The number of alkyl carbamates (subject to hydrolysis) is 1. The molecule has 0 heterocycles. The van der Waals surface area contributed by atoms with Crippen molar-refractivity contribution in [2.75, 3.05) is 7.11 Å². The largest absolute Gasteiger partial charge is 0.445 e. The fourth-order valence-corrected chi connectivity index (χ4v) is 2.51. The molecule has 1 atom stereocenters. The summed E-state index contributed by atoms with van der Waals surface area (Å²) in [6.07, 6.45) is 3.38. The summed E-state index contributed by atoms with van der Waals surface area (Å²) in [5.41, 5.74) is 0.907. The number of amides is 1. The molecule has 22 heavy (non-hydrogen) atoms. The van der Waals surface area contributed by atoms with Gasteiger partial charge in [0.1, 0.15) is 6.61 Å². The zero-order valence-corrected chi connectivity index (χ0v) is 14.2. The third-order valence-corrected chi connectivity index (χ3v) is 4.33. The molecule has 1 rings (SSSR count). The second-order valence-corrected chi connectivity index (χ2v) is 5.74. The molecule has 0 aromatic heterocycles. The molecule has 1 aromatic rings. The molecule has 1 aromatic carbocycles. The number of hydrogen-bond acceptors (Lipinski definition) is 3. The van der Waals surface area contributed by atoms with Gasteiger partial charge in [-0.3, -0.25) is 0 Å². The predicted octanol–water partition coefficient (Wildman–Crippen LogP) is 4.29. The highest BCUT2D eigenvalue weighted by Gasteiger charge is 2.26. The number of rotatable bonds is 9. The lowest BCUT2D eigenvalue weighted by molar-refractivity contribution is -0.0266. The van der Waals surface area contributed by atoms with Crippen LogP contribution in [-0.4, -0.2) is 24.8 Å². The number of methoxy groups -OCH3 is 1. The first-order valence-corrected chi connectivity index (χ1v) is 8.07. The van der Waals surface area contributed by atoms with Crippen LogP contribution in [0.1, 0.15) is 52.0 Å². The van der Waals surface area contributed by atoms with Gasteiger partial charge < -0.3 is 14.8 Å². The van der Waals surface area contributed by atoms with E-state index in [1.807, 2.05) is 37.3 Å². The Morgan fingerprint density at radius 1 is 1.23 bits per heavy atom. The van der Waals surface area contributed by atoms with Gasteiger partial charge in [-0.05, 0) is 38.2 Å². The van der Waals surface area contributed by atoms with E-state index in [0.717, 1.165) is 31.2 Å². The predicted molar refractivity (Wildman–Crippen MR) is 88.8 cm³/mol. The van der Waals surface area contributed by atoms with Crippen molar-refractivity contribution in [3.05, 3.63) is 35.9 Å². The molecule has 0 bridgehead atoms. The third kappa shape index (κ3) is 6.06. The van der Waals surface area contributed by atoms with Gasteiger partial charge in [-0.15, -0.1) is 0 Å². The maximum Gasteiger partial charge on any atom is 0.407 e. The number of carbonyl (C=O) groups excluding carboxylic acids is 1. The number of nitrogens with one attached hydrogen (secondary N) is 1. The standard InChI is InChI=1S/C18H29NO3/c1-5-18(6-2,21-4)13-12-15(3)19-17(20)22-14-16-10-8-7-9-11-16/h7-11,15H,5-6,12-14H2,1-4H3,(H,19,20)/t15-/m0/s1. The SMILES string of the molecule is CCC(CC)(CC[C@H](C)NC(=O)OCc1ccccc1)OC. The molecular formula is C18H29NO3. The first-order valence-electron chi connectivity index (χ1n) is 8.07. The van der Waals surface area contributed by atoms with Gasteiger partial charge in [0.25, 0.3) is 0 Å². The molecule has 0 radical (unpaired) electrons.